The van der Waals surface area contributed by atoms with Crippen molar-refractivity contribution in [3.63, 3.8) is 0 Å². The van der Waals surface area contributed by atoms with Gasteiger partial charge in [0.2, 0.25) is 5.91 Å². The van der Waals surface area contributed by atoms with E-state index in [1.807, 2.05) is 4.90 Å². The van der Waals surface area contributed by atoms with E-state index in [4.69, 9.17) is 0 Å². The van der Waals surface area contributed by atoms with E-state index in [0.717, 1.165) is 39.3 Å². The summed E-state index contributed by atoms with van der Waals surface area (Å²) in [5.74, 6) is 0.216. The van der Waals surface area contributed by atoms with Gasteiger partial charge in [0.1, 0.15) is 0 Å². The third-order valence-corrected chi connectivity index (χ3v) is 3.86. The van der Waals surface area contributed by atoms with Gasteiger partial charge in [-0.1, -0.05) is 36.8 Å². The summed E-state index contributed by atoms with van der Waals surface area (Å²) in [6.07, 6.45) is 0. The Morgan fingerprint density at radius 3 is 2.65 bits per heavy atom. The van der Waals surface area contributed by atoms with Crippen LogP contribution in [-0.4, -0.2) is 55.0 Å². The van der Waals surface area contributed by atoms with Gasteiger partial charge in [0.25, 0.3) is 0 Å². The molecule has 1 aromatic carbocycles. The first kappa shape index (κ1) is 15.0. The van der Waals surface area contributed by atoms with Gasteiger partial charge >= 0.3 is 0 Å². The van der Waals surface area contributed by atoms with Gasteiger partial charge in [0.15, 0.2) is 0 Å². The van der Waals surface area contributed by atoms with Crippen molar-refractivity contribution in [3.05, 3.63) is 35.4 Å². The van der Waals surface area contributed by atoms with Crippen LogP contribution in [0.5, 0.6) is 0 Å². The van der Waals surface area contributed by atoms with Crippen molar-refractivity contribution in [2.75, 3.05) is 39.3 Å². The lowest BCUT2D eigenvalue weighted by molar-refractivity contribution is -0.131. The van der Waals surface area contributed by atoms with E-state index < -0.39 is 0 Å². The normalized spacial score (nSPS) is 16.4. The molecule has 0 aliphatic carbocycles. The standard InChI is InChI=1S/C16H25N3O/c1-3-18-7-9-19(10-8-18)16(20)13-17-12-15-6-4-5-14(2)11-15/h4-6,11,17H,3,7-10,12-13H2,1-2H3. The lowest BCUT2D eigenvalue weighted by atomic mass is 10.1. The Balaban J connectivity index is 1.70. The summed E-state index contributed by atoms with van der Waals surface area (Å²) in [6.45, 7) is 10.2. The molecule has 1 aliphatic rings. The largest absolute Gasteiger partial charge is 0.339 e. The predicted octanol–water partition coefficient (Wildman–Crippen LogP) is 1.25. The molecule has 0 bridgehead atoms. The van der Waals surface area contributed by atoms with Gasteiger partial charge in [0, 0.05) is 32.7 Å². The molecule has 1 fully saturated rings. The van der Waals surface area contributed by atoms with Crippen LogP contribution in [-0.2, 0) is 11.3 Å². The second-order valence-corrected chi connectivity index (χ2v) is 5.41. The van der Waals surface area contributed by atoms with Crippen LogP contribution < -0.4 is 5.32 Å². The third kappa shape index (κ3) is 4.32. The number of carbonyl (C=O) groups is 1. The molecule has 1 aliphatic heterocycles. The van der Waals surface area contributed by atoms with E-state index in [1.165, 1.54) is 11.1 Å². The van der Waals surface area contributed by atoms with Crippen LogP contribution in [0.4, 0.5) is 0 Å². The van der Waals surface area contributed by atoms with E-state index >= 15 is 0 Å². The average Bonchev–Trinajstić information content (AvgIpc) is 2.47. The molecular weight excluding hydrogens is 250 g/mol. The molecular formula is C16H25N3O. The number of nitrogens with zero attached hydrogens (tertiary/aromatic N) is 2. The summed E-state index contributed by atoms with van der Waals surface area (Å²) in [4.78, 5) is 16.4. The molecule has 4 heteroatoms. The molecule has 0 spiro atoms. The van der Waals surface area contributed by atoms with Crippen molar-refractivity contribution in [2.45, 2.75) is 20.4 Å². The first-order chi connectivity index (χ1) is 9.69. The highest BCUT2D eigenvalue weighted by Gasteiger charge is 2.19. The van der Waals surface area contributed by atoms with Crippen molar-refractivity contribution in [2.24, 2.45) is 0 Å². The highest BCUT2D eigenvalue weighted by Crippen LogP contribution is 2.04. The average molecular weight is 275 g/mol. The number of aryl methyl sites for hydroxylation is 1. The highest BCUT2D eigenvalue weighted by molar-refractivity contribution is 5.78. The fraction of sp³-hybridized carbons (Fsp3) is 0.562. The van der Waals surface area contributed by atoms with Gasteiger partial charge in [0.05, 0.1) is 6.54 Å². The summed E-state index contributed by atoms with van der Waals surface area (Å²) in [7, 11) is 0. The van der Waals surface area contributed by atoms with Gasteiger partial charge in [-0.2, -0.15) is 0 Å². The molecule has 1 N–H and O–H groups in total. The maximum Gasteiger partial charge on any atom is 0.236 e. The first-order valence-electron chi connectivity index (χ1n) is 7.45. The molecule has 110 valence electrons. The van der Waals surface area contributed by atoms with Crippen molar-refractivity contribution in [1.82, 2.24) is 15.1 Å². The molecule has 0 radical (unpaired) electrons. The fourth-order valence-corrected chi connectivity index (χ4v) is 2.56. The number of piperazine rings is 1. The van der Waals surface area contributed by atoms with Gasteiger partial charge in [-0.3, -0.25) is 4.79 Å². The number of amides is 1. The lowest BCUT2D eigenvalue weighted by Gasteiger charge is -2.34. The zero-order valence-corrected chi connectivity index (χ0v) is 12.6. The molecule has 2 rings (SSSR count). The zero-order chi connectivity index (χ0) is 14.4. The molecule has 1 aromatic rings. The van der Waals surface area contributed by atoms with Crippen LogP contribution in [0.1, 0.15) is 18.1 Å². The number of rotatable bonds is 5. The Bertz CT molecular complexity index is 439. The molecule has 0 saturated carbocycles. The van der Waals surface area contributed by atoms with Crippen LogP contribution in [0.25, 0.3) is 0 Å². The molecule has 4 nitrogen and oxygen atoms in total. The second kappa shape index (κ2) is 7.41. The molecule has 0 unspecified atom stereocenters. The summed E-state index contributed by atoms with van der Waals surface area (Å²) in [5.41, 5.74) is 2.49. The SMILES string of the molecule is CCN1CCN(C(=O)CNCc2cccc(C)c2)CC1. The van der Waals surface area contributed by atoms with Gasteiger partial charge in [-0.05, 0) is 19.0 Å². The van der Waals surface area contributed by atoms with E-state index in [9.17, 15) is 4.79 Å². The van der Waals surface area contributed by atoms with Crippen LogP contribution in [0.3, 0.4) is 0 Å². The highest BCUT2D eigenvalue weighted by atomic mass is 16.2. The zero-order valence-electron chi connectivity index (χ0n) is 12.6. The third-order valence-electron chi connectivity index (χ3n) is 3.86. The number of hydrogen-bond donors (Lipinski definition) is 1. The second-order valence-electron chi connectivity index (χ2n) is 5.41. The van der Waals surface area contributed by atoms with Crippen LogP contribution in [0, 0.1) is 6.92 Å². The van der Waals surface area contributed by atoms with Crippen molar-refractivity contribution in [1.29, 1.82) is 0 Å². The van der Waals surface area contributed by atoms with Crippen molar-refractivity contribution >= 4 is 5.91 Å². The summed E-state index contributed by atoms with van der Waals surface area (Å²) in [6, 6.07) is 8.38. The van der Waals surface area contributed by atoms with Crippen LogP contribution in [0.15, 0.2) is 24.3 Å². The molecule has 0 aromatic heterocycles. The number of nitrogens with one attached hydrogen (secondary N) is 1. The van der Waals surface area contributed by atoms with Crippen molar-refractivity contribution in [3.8, 4) is 0 Å². The number of hydrogen-bond acceptors (Lipinski definition) is 3. The minimum atomic E-state index is 0.216. The molecule has 1 amide bonds. The minimum absolute atomic E-state index is 0.216. The lowest BCUT2D eigenvalue weighted by Crippen LogP contribution is -2.50. The Morgan fingerprint density at radius 1 is 1.25 bits per heavy atom. The van der Waals surface area contributed by atoms with E-state index in [1.54, 1.807) is 0 Å². The smallest absolute Gasteiger partial charge is 0.236 e. The summed E-state index contributed by atoms with van der Waals surface area (Å²) in [5, 5.41) is 3.25. The van der Waals surface area contributed by atoms with E-state index in [-0.39, 0.29) is 5.91 Å². The van der Waals surface area contributed by atoms with Crippen LogP contribution >= 0.6 is 0 Å². The maximum absolute atomic E-state index is 12.1. The Morgan fingerprint density at radius 2 is 2.00 bits per heavy atom. The number of carbonyl (C=O) groups excluding carboxylic acids is 1. The molecule has 1 heterocycles. The Kier molecular flexibility index (Phi) is 5.56. The topological polar surface area (TPSA) is 35.6 Å². The van der Waals surface area contributed by atoms with E-state index in [0.29, 0.717) is 6.54 Å². The number of likely N-dealkylation sites (N-methyl/N-ethyl adjacent to an activating group) is 1. The monoisotopic (exact) mass is 275 g/mol. The van der Waals surface area contributed by atoms with E-state index in [2.05, 4.69) is 48.3 Å². The minimum Gasteiger partial charge on any atom is -0.339 e. The van der Waals surface area contributed by atoms with Crippen LogP contribution in [0.2, 0.25) is 0 Å². The summed E-state index contributed by atoms with van der Waals surface area (Å²) < 4.78 is 0. The van der Waals surface area contributed by atoms with Gasteiger partial charge in [-0.25, -0.2) is 0 Å². The molecule has 20 heavy (non-hydrogen) atoms. The van der Waals surface area contributed by atoms with Gasteiger partial charge < -0.3 is 15.1 Å². The fourth-order valence-electron chi connectivity index (χ4n) is 2.56. The number of benzene rings is 1. The molecule has 0 atom stereocenters. The van der Waals surface area contributed by atoms with Crippen molar-refractivity contribution < 1.29 is 4.79 Å². The summed E-state index contributed by atoms with van der Waals surface area (Å²) >= 11 is 0. The first-order valence-corrected chi connectivity index (χ1v) is 7.45. The predicted molar refractivity (Wildman–Crippen MR) is 81.6 cm³/mol. The molecule has 1 saturated heterocycles. The Labute approximate surface area is 121 Å². The quantitative estimate of drug-likeness (QED) is 0.878. The Hall–Kier alpha value is -1.39. The maximum atomic E-state index is 12.1. The van der Waals surface area contributed by atoms with Gasteiger partial charge in [-0.15, -0.1) is 0 Å².